The number of methoxy groups -OCH3 is 1. The van der Waals surface area contributed by atoms with Crippen LogP contribution in [0.1, 0.15) is 25.0 Å². The van der Waals surface area contributed by atoms with Crippen molar-refractivity contribution in [3.05, 3.63) is 29.3 Å². The van der Waals surface area contributed by atoms with Gasteiger partial charge in [-0.1, -0.05) is 17.7 Å². The van der Waals surface area contributed by atoms with Gasteiger partial charge in [-0.3, -0.25) is 10.2 Å². The Hall–Kier alpha value is -1.55. The first kappa shape index (κ1) is 12.5. The number of ether oxygens (including phenoxy) is 1. The zero-order valence-corrected chi connectivity index (χ0v) is 10.1. The Bertz CT molecular complexity index is 400. The highest BCUT2D eigenvalue weighted by atomic mass is 16.5. The van der Waals surface area contributed by atoms with Gasteiger partial charge >= 0.3 is 0 Å². The molecular weight excluding hydrogens is 204 g/mol. The number of hydrogen-bond acceptors (Lipinski definition) is 3. The zero-order valence-electron chi connectivity index (χ0n) is 10.1. The van der Waals surface area contributed by atoms with Crippen molar-refractivity contribution in [3.63, 3.8) is 0 Å². The highest BCUT2D eigenvalue weighted by Crippen LogP contribution is 2.32. The first-order valence-electron chi connectivity index (χ1n) is 5.09. The molecule has 0 fully saturated rings. The third-order valence-electron chi connectivity index (χ3n) is 2.73. The molecule has 1 aromatic rings. The molecule has 4 heteroatoms. The molecule has 4 nitrogen and oxygen atoms in total. The molecule has 0 bridgehead atoms. The van der Waals surface area contributed by atoms with Crippen LogP contribution < -0.4 is 16.0 Å². The molecule has 0 aliphatic rings. The lowest BCUT2D eigenvalue weighted by molar-refractivity contribution is -0.125. The van der Waals surface area contributed by atoms with Crippen molar-refractivity contribution in [3.8, 4) is 5.75 Å². The van der Waals surface area contributed by atoms with Gasteiger partial charge in [-0.2, -0.15) is 0 Å². The number of benzene rings is 1. The second kappa shape index (κ2) is 4.53. The number of nitrogens with two attached hydrogens (primary N) is 1. The van der Waals surface area contributed by atoms with E-state index in [1.807, 2.05) is 39.0 Å². The molecule has 16 heavy (non-hydrogen) atoms. The van der Waals surface area contributed by atoms with Gasteiger partial charge in [0, 0.05) is 5.56 Å². The van der Waals surface area contributed by atoms with Crippen LogP contribution in [0.15, 0.2) is 18.2 Å². The summed E-state index contributed by atoms with van der Waals surface area (Å²) in [4.78, 5) is 11.7. The summed E-state index contributed by atoms with van der Waals surface area (Å²) in [6.07, 6.45) is 0. The van der Waals surface area contributed by atoms with Crippen LogP contribution in [-0.2, 0) is 10.2 Å². The summed E-state index contributed by atoms with van der Waals surface area (Å²) < 4.78 is 5.26. The second-order valence-electron chi connectivity index (χ2n) is 4.30. The van der Waals surface area contributed by atoms with E-state index in [0.717, 1.165) is 11.1 Å². The van der Waals surface area contributed by atoms with Crippen molar-refractivity contribution in [1.29, 1.82) is 0 Å². The monoisotopic (exact) mass is 222 g/mol. The highest BCUT2D eigenvalue weighted by molar-refractivity contribution is 5.87. The number of carbonyl (C=O) groups excluding carboxylic acids is 1. The summed E-state index contributed by atoms with van der Waals surface area (Å²) in [7, 11) is 1.59. The van der Waals surface area contributed by atoms with E-state index in [-0.39, 0.29) is 5.91 Å². The van der Waals surface area contributed by atoms with Crippen molar-refractivity contribution in [2.75, 3.05) is 7.11 Å². The molecule has 1 aromatic carbocycles. The number of amides is 1. The van der Waals surface area contributed by atoms with E-state index in [0.29, 0.717) is 5.75 Å². The van der Waals surface area contributed by atoms with Gasteiger partial charge in [0.15, 0.2) is 0 Å². The van der Waals surface area contributed by atoms with Crippen molar-refractivity contribution in [2.24, 2.45) is 5.84 Å². The molecule has 0 radical (unpaired) electrons. The van der Waals surface area contributed by atoms with Gasteiger partial charge in [-0.15, -0.1) is 0 Å². The third kappa shape index (κ3) is 2.17. The fourth-order valence-electron chi connectivity index (χ4n) is 1.61. The smallest absolute Gasteiger partial charge is 0.244 e. The van der Waals surface area contributed by atoms with E-state index in [1.165, 1.54) is 0 Å². The van der Waals surface area contributed by atoms with E-state index >= 15 is 0 Å². The number of rotatable bonds is 3. The quantitative estimate of drug-likeness (QED) is 0.460. The molecule has 0 spiro atoms. The minimum Gasteiger partial charge on any atom is -0.496 e. The first-order chi connectivity index (χ1) is 7.43. The molecule has 0 aromatic heterocycles. The Morgan fingerprint density at radius 3 is 2.56 bits per heavy atom. The molecule has 0 atom stereocenters. The van der Waals surface area contributed by atoms with Crippen molar-refractivity contribution in [2.45, 2.75) is 26.2 Å². The predicted octanol–water partition coefficient (Wildman–Crippen LogP) is 1.27. The molecule has 0 heterocycles. The maximum Gasteiger partial charge on any atom is 0.244 e. The summed E-state index contributed by atoms with van der Waals surface area (Å²) in [5.41, 5.74) is 3.37. The molecule has 0 unspecified atom stereocenters. The molecule has 0 aliphatic carbocycles. The summed E-state index contributed by atoms with van der Waals surface area (Å²) >= 11 is 0. The van der Waals surface area contributed by atoms with Gasteiger partial charge in [0.25, 0.3) is 0 Å². The van der Waals surface area contributed by atoms with Crippen molar-refractivity contribution in [1.82, 2.24) is 5.43 Å². The molecule has 3 N–H and O–H groups in total. The first-order valence-corrected chi connectivity index (χ1v) is 5.09. The fraction of sp³-hybridized carbons (Fsp3) is 0.417. The van der Waals surface area contributed by atoms with Crippen LogP contribution in [0.4, 0.5) is 0 Å². The number of nitrogens with one attached hydrogen (secondary N) is 1. The van der Waals surface area contributed by atoms with E-state index in [1.54, 1.807) is 7.11 Å². The Morgan fingerprint density at radius 2 is 2.06 bits per heavy atom. The maximum atomic E-state index is 11.7. The summed E-state index contributed by atoms with van der Waals surface area (Å²) in [6, 6.07) is 5.74. The second-order valence-corrected chi connectivity index (χ2v) is 4.30. The van der Waals surface area contributed by atoms with E-state index < -0.39 is 5.41 Å². The van der Waals surface area contributed by atoms with Gasteiger partial charge < -0.3 is 4.74 Å². The largest absolute Gasteiger partial charge is 0.496 e. The molecule has 0 aliphatic heterocycles. The lowest BCUT2D eigenvalue weighted by atomic mass is 9.82. The molecule has 88 valence electrons. The van der Waals surface area contributed by atoms with Crippen molar-refractivity contribution >= 4 is 5.91 Å². The fourth-order valence-corrected chi connectivity index (χ4v) is 1.61. The standard InChI is InChI=1S/C12H18N2O2/c1-8-5-6-10(16-4)9(7-8)12(2,3)11(15)14-13/h5-7H,13H2,1-4H3,(H,14,15). The lowest BCUT2D eigenvalue weighted by Crippen LogP contribution is -2.43. The molecule has 0 saturated heterocycles. The lowest BCUT2D eigenvalue weighted by Gasteiger charge is -2.25. The van der Waals surface area contributed by atoms with Gasteiger partial charge in [0.2, 0.25) is 5.91 Å². The van der Waals surface area contributed by atoms with Gasteiger partial charge in [-0.05, 0) is 26.8 Å². The van der Waals surface area contributed by atoms with Crippen LogP contribution in [0.2, 0.25) is 0 Å². The number of aryl methyl sites for hydroxylation is 1. The molecular formula is C12H18N2O2. The van der Waals surface area contributed by atoms with E-state index in [2.05, 4.69) is 5.43 Å². The van der Waals surface area contributed by atoms with E-state index in [9.17, 15) is 4.79 Å². The average Bonchev–Trinajstić information content (AvgIpc) is 2.27. The zero-order chi connectivity index (χ0) is 12.3. The summed E-state index contributed by atoms with van der Waals surface area (Å²) in [5.74, 6) is 5.64. The Morgan fingerprint density at radius 1 is 1.44 bits per heavy atom. The number of carbonyl (C=O) groups is 1. The minimum atomic E-state index is -0.716. The van der Waals surface area contributed by atoms with Gasteiger partial charge in [0.1, 0.15) is 5.75 Å². The molecule has 1 rings (SSSR count). The van der Waals surface area contributed by atoms with Gasteiger partial charge in [0.05, 0.1) is 12.5 Å². The molecule has 0 saturated carbocycles. The highest BCUT2D eigenvalue weighted by Gasteiger charge is 2.32. The minimum absolute atomic E-state index is 0.239. The van der Waals surface area contributed by atoms with Crippen LogP contribution >= 0.6 is 0 Å². The molecule has 1 amide bonds. The maximum absolute atomic E-state index is 11.7. The van der Waals surface area contributed by atoms with Crippen LogP contribution in [0, 0.1) is 6.92 Å². The summed E-state index contributed by atoms with van der Waals surface area (Å²) in [6.45, 7) is 5.60. The SMILES string of the molecule is COc1ccc(C)cc1C(C)(C)C(=O)NN. The van der Waals surface area contributed by atoms with Crippen LogP contribution in [0.5, 0.6) is 5.75 Å². The number of hydrazine groups is 1. The average molecular weight is 222 g/mol. The Labute approximate surface area is 95.8 Å². The predicted molar refractivity (Wildman–Crippen MR) is 63.1 cm³/mol. The Kier molecular flexibility index (Phi) is 3.55. The number of hydrogen-bond donors (Lipinski definition) is 2. The van der Waals surface area contributed by atoms with Crippen LogP contribution in [-0.4, -0.2) is 13.0 Å². The third-order valence-corrected chi connectivity index (χ3v) is 2.73. The normalized spacial score (nSPS) is 11.1. The van der Waals surface area contributed by atoms with Crippen molar-refractivity contribution < 1.29 is 9.53 Å². The van der Waals surface area contributed by atoms with E-state index in [4.69, 9.17) is 10.6 Å². The summed E-state index contributed by atoms with van der Waals surface area (Å²) in [5, 5.41) is 0. The van der Waals surface area contributed by atoms with Crippen LogP contribution in [0.25, 0.3) is 0 Å². The van der Waals surface area contributed by atoms with Gasteiger partial charge in [-0.25, -0.2) is 5.84 Å². The van der Waals surface area contributed by atoms with Crippen LogP contribution in [0.3, 0.4) is 0 Å². The topological polar surface area (TPSA) is 64.3 Å². The Balaban J connectivity index is 3.30.